The van der Waals surface area contributed by atoms with Crippen molar-refractivity contribution in [2.24, 2.45) is 0 Å². The quantitative estimate of drug-likeness (QED) is 0.897. The first-order valence-electron chi connectivity index (χ1n) is 6.29. The molecule has 104 valence electrons. The Morgan fingerprint density at radius 2 is 1.95 bits per heavy atom. The number of hydrogen-bond donors (Lipinski definition) is 2. The van der Waals surface area contributed by atoms with Crippen molar-refractivity contribution in [3.05, 3.63) is 52.1 Å². The highest BCUT2D eigenvalue weighted by atomic mass is 79.9. The van der Waals surface area contributed by atoms with E-state index in [1.807, 2.05) is 24.3 Å². The summed E-state index contributed by atoms with van der Waals surface area (Å²) in [4.78, 5) is 16.1. The fourth-order valence-corrected chi connectivity index (χ4v) is 2.11. The van der Waals surface area contributed by atoms with Crippen LogP contribution in [0.5, 0.6) is 0 Å². The number of nitrogens with two attached hydrogens (primary N) is 1. The molecule has 1 aromatic carbocycles. The van der Waals surface area contributed by atoms with E-state index in [0.717, 1.165) is 5.69 Å². The van der Waals surface area contributed by atoms with Gasteiger partial charge in [-0.25, -0.2) is 4.98 Å². The van der Waals surface area contributed by atoms with E-state index >= 15 is 0 Å². The standard InChI is InChI=1S/C15H16BrN3O/c1-9(2)10-3-5-12(6-4-10)19-15(20)13-7-11(16)8-18-14(13)17/h3-9H,1-2H3,(H2,17,18)(H,19,20). The van der Waals surface area contributed by atoms with Crippen LogP contribution < -0.4 is 11.1 Å². The van der Waals surface area contributed by atoms with Crippen LogP contribution in [-0.4, -0.2) is 10.9 Å². The molecule has 2 rings (SSSR count). The van der Waals surface area contributed by atoms with Gasteiger partial charge in [0.2, 0.25) is 0 Å². The van der Waals surface area contributed by atoms with Crippen LogP contribution in [0, 0.1) is 0 Å². The molecule has 1 heterocycles. The molecule has 4 nitrogen and oxygen atoms in total. The van der Waals surface area contributed by atoms with Crippen molar-refractivity contribution < 1.29 is 4.79 Å². The number of pyridine rings is 1. The number of carbonyl (C=O) groups excluding carboxylic acids is 1. The maximum absolute atomic E-state index is 12.2. The molecule has 3 N–H and O–H groups in total. The van der Waals surface area contributed by atoms with Gasteiger partial charge in [0.05, 0.1) is 5.56 Å². The van der Waals surface area contributed by atoms with Crippen molar-refractivity contribution in [1.29, 1.82) is 0 Å². The number of aromatic nitrogens is 1. The number of nitrogens with zero attached hydrogens (tertiary/aromatic N) is 1. The van der Waals surface area contributed by atoms with Gasteiger partial charge in [-0.05, 0) is 45.6 Å². The molecule has 20 heavy (non-hydrogen) atoms. The maximum atomic E-state index is 12.2. The summed E-state index contributed by atoms with van der Waals surface area (Å²) in [5.41, 5.74) is 8.03. The van der Waals surface area contributed by atoms with Gasteiger partial charge in [0, 0.05) is 16.4 Å². The summed E-state index contributed by atoms with van der Waals surface area (Å²) in [7, 11) is 0. The Kier molecular flexibility index (Phi) is 4.39. The number of carbonyl (C=O) groups is 1. The van der Waals surface area contributed by atoms with E-state index in [1.165, 1.54) is 5.56 Å². The molecule has 0 atom stereocenters. The number of halogens is 1. The van der Waals surface area contributed by atoms with Gasteiger partial charge in [0.1, 0.15) is 5.82 Å². The number of anilines is 2. The van der Waals surface area contributed by atoms with Crippen LogP contribution in [0.2, 0.25) is 0 Å². The predicted octanol–water partition coefficient (Wildman–Crippen LogP) is 3.80. The second-order valence-electron chi connectivity index (χ2n) is 4.82. The zero-order valence-corrected chi connectivity index (χ0v) is 12.9. The Bertz CT molecular complexity index is 624. The summed E-state index contributed by atoms with van der Waals surface area (Å²) in [6.07, 6.45) is 1.56. The minimum atomic E-state index is -0.270. The number of nitrogen functional groups attached to an aromatic ring is 1. The highest BCUT2D eigenvalue weighted by Crippen LogP contribution is 2.20. The van der Waals surface area contributed by atoms with Crippen LogP contribution in [0.25, 0.3) is 0 Å². The predicted molar refractivity (Wildman–Crippen MR) is 84.8 cm³/mol. The molecule has 2 aromatic rings. The van der Waals surface area contributed by atoms with Crippen molar-refractivity contribution >= 4 is 33.3 Å². The minimum Gasteiger partial charge on any atom is -0.383 e. The number of amides is 1. The third kappa shape index (κ3) is 3.36. The van der Waals surface area contributed by atoms with E-state index in [4.69, 9.17) is 5.73 Å². The SMILES string of the molecule is CC(C)c1ccc(NC(=O)c2cc(Br)cnc2N)cc1. The molecule has 0 saturated heterocycles. The number of nitrogens with one attached hydrogen (secondary N) is 1. The van der Waals surface area contributed by atoms with Gasteiger partial charge < -0.3 is 11.1 Å². The lowest BCUT2D eigenvalue weighted by Gasteiger charge is -2.09. The summed E-state index contributed by atoms with van der Waals surface area (Å²) >= 11 is 3.28. The molecule has 1 amide bonds. The Morgan fingerprint density at radius 1 is 1.30 bits per heavy atom. The van der Waals surface area contributed by atoms with Crippen LogP contribution in [0.1, 0.15) is 35.7 Å². The highest BCUT2D eigenvalue weighted by Gasteiger charge is 2.11. The lowest BCUT2D eigenvalue weighted by atomic mass is 10.0. The van der Waals surface area contributed by atoms with Gasteiger partial charge in [-0.15, -0.1) is 0 Å². The first-order valence-corrected chi connectivity index (χ1v) is 7.09. The summed E-state index contributed by atoms with van der Waals surface area (Å²) < 4.78 is 0.715. The van der Waals surface area contributed by atoms with E-state index < -0.39 is 0 Å². The van der Waals surface area contributed by atoms with Crippen molar-refractivity contribution in [2.75, 3.05) is 11.1 Å². The maximum Gasteiger partial charge on any atom is 0.259 e. The first kappa shape index (κ1) is 14.5. The second kappa shape index (κ2) is 6.05. The Labute approximate surface area is 126 Å². The van der Waals surface area contributed by atoms with E-state index in [0.29, 0.717) is 16.0 Å². The molecule has 0 aliphatic rings. The second-order valence-corrected chi connectivity index (χ2v) is 5.73. The van der Waals surface area contributed by atoms with Crippen LogP contribution in [-0.2, 0) is 0 Å². The molecule has 0 aliphatic carbocycles. The molecule has 0 fully saturated rings. The van der Waals surface area contributed by atoms with Crippen LogP contribution in [0.4, 0.5) is 11.5 Å². The molecule has 0 radical (unpaired) electrons. The molecule has 0 aliphatic heterocycles. The van der Waals surface area contributed by atoms with Crippen LogP contribution in [0.3, 0.4) is 0 Å². The van der Waals surface area contributed by atoms with Crippen molar-refractivity contribution in [1.82, 2.24) is 4.98 Å². The molecule has 1 aromatic heterocycles. The van der Waals surface area contributed by atoms with Crippen molar-refractivity contribution in [2.45, 2.75) is 19.8 Å². The Morgan fingerprint density at radius 3 is 2.55 bits per heavy atom. The van der Waals surface area contributed by atoms with Gasteiger partial charge in [-0.2, -0.15) is 0 Å². The molecule has 0 unspecified atom stereocenters. The summed E-state index contributed by atoms with van der Waals surface area (Å²) in [5, 5.41) is 2.81. The molecular formula is C15H16BrN3O. The Hall–Kier alpha value is -1.88. The highest BCUT2D eigenvalue weighted by molar-refractivity contribution is 9.10. The molecular weight excluding hydrogens is 318 g/mol. The number of rotatable bonds is 3. The van der Waals surface area contributed by atoms with Crippen molar-refractivity contribution in [3.63, 3.8) is 0 Å². The third-order valence-corrected chi connectivity index (χ3v) is 3.40. The zero-order chi connectivity index (χ0) is 14.7. The van der Waals surface area contributed by atoms with Gasteiger partial charge in [0.15, 0.2) is 0 Å². The summed E-state index contributed by atoms with van der Waals surface area (Å²) in [6.45, 7) is 4.25. The third-order valence-electron chi connectivity index (χ3n) is 2.96. The number of benzene rings is 1. The van der Waals surface area contributed by atoms with Crippen molar-refractivity contribution in [3.8, 4) is 0 Å². The van der Waals surface area contributed by atoms with E-state index in [1.54, 1.807) is 12.3 Å². The largest absolute Gasteiger partial charge is 0.383 e. The van der Waals surface area contributed by atoms with E-state index in [2.05, 4.69) is 40.1 Å². The summed E-state index contributed by atoms with van der Waals surface area (Å²) in [5.74, 6) is 0.405. The van der Waals surface area contributed by atoms with Gasteiger partial charge >= 0.3 is 0 Å². The average Bonchev–Trinajstić information content (AvgIpc) is 2.42. The fraction of sp³-hybridized carbons (Fsp3) is 0.200. The minimum absolute atomic E-state index is 0.213. The molecule has 0 spiro atoms. The van der Waals surface area contributed by atoms with Crippen LogP contribution in [0.15, 0.2) is 41.0 Å². The number of hydrogen-bond acceptors (Lipinski definition) is 3. The normalized spacial score (nSPS) is 10.6. The van der Waals surface area contributed by atoms with E-state index in [-0.39, 0.29) is 11.7 Å². The first-order chi connectivity index (χ1) is 9.47. The van der Waals surface area contributed by atoms with Gasteiger partial charge in [-0.3, -0.25) is 4.79 Å². The average molecular weight is 334 g/mol. The smallest absolute Gasteiger partial charge is 0.259 e. The van der Waals surface area contributed by atoms with Gasteiger partial charge in [-0.1, -0.05) is 26.0 Å². The topological polar surface area (TPSA) is 68.0 Å². The fourth-order valence-electron chi connectivity index (χ4n) is 1.78. The molecule has 0 saturated carbocycles. The van der Waals surface area contributed by atoms with Crippen LogP contribution >= 0.6 is 15.9 Å². The lowest BCUT2D eigenvalue weighted by molar-refractivity contribution is 0.102. The Balaban J connectivity index is 2.17. The molecule has 0 bridgehead atoms. The molecule has 5 heteroatoms. The van der Waals surface area contributed by atoms with E-state index in [9.17, 15) is 4.79 Å². The lowest BCUT2D eigenvalue weighted by Crippen LogP contribution is -2.14. The monoisotopic (exact) mass is 333 g/mol. The van der Waals surface area contributed by atoms with Gasteiger partial charge in [0.25, 0.3) is 5.91 Å². The summed E-state index contributed by atoms with van der Waals surface area (Å²) in [6, 6.07) is 9.43. The zero-order valence-electron chi connectivity index (χ0n) is 11.4.